The number of anilines is 1. The molecule has 1 N–H and O–H groups in total. The highest BCUT2D eigenvalue weighted by Gasteiger charge is 2.50. The Labute approximate surface area is 155 Å². The number of ketones is 1. The Kier molecular flexibility index (Phi) is 3.83. The molecule has 1 atom stereocenters. The Balaban J connectivity index is 1.73. The van der Waals surface area contributed by atoms with E-state index in [1.807, 2.05) is 30.3 Å². The van der Waals surface area contributed by atoms with Gasteiger partial charge in [0, 0.05) is 18.2 Å². The third-order valence-corrected chi connectivity index (χ3v) is 5.22. The predicted octanol–water partition coefficient (Wildman–Crippen LogP) is 3.93. The van der Waals surface area contributed by atoms with Crippen molar-refractivity contribution in [1.82, 2.24) is 0 Å². The van der Waals surface area contributed by atoms with E-state index in [1.54, 1.807) is 37.4 Å². The molecule has 4 nitrogen and oxygen atoms in total. The van der Waals surface area contributed by atoms with Crippen molar-refractivity contribution in [2.24, 2.45) is 0 Å². The summed E-state index contributed by atoms with van der Waals surface area (Å²) in [6.45, 7) is 0. The molecule has 0 aliphatic carbocycles. The third-order valence-electron chi connectivity index (χ3n) is 4.91. The van der Waals surface area contributed by atoms with Gasteiger partial charge in [-0.25, -0.2) is 0 Å². The summed E-state index contributed by atoms with van der Waals surface area (Å²) < 4.78 is 0. The molecular formula is C21H16ClNO3. The number of nitrogens with zero attached hydrogens (tertiary/aromatic N) is 1. The maximum atomic E-state index is 12.8. The fraction of sp³-hybridized carbons (Fsp3) is 0.143. The topological polar surface area (TPSA) is 57.6 Å². The van der Waals surface area contributed by atoms with Crippen LogP contribution >= 0.6 is 11.6 Å². The lowest BCUT2D eigenvalue weighted by Gasteiger charge is -2.21. The van der Waals surface area contributed by atoms with Crippen LogP contribution in [0, 0.1) is 0 Å². The highest BCUT2D eigenvalue weighted by molar-refractivity contribution is 6.35. The van der Waals surface area contributed by atoms with Crippen molar-refractivity contribution < 1.29 is 14.7 Å². The summed E-state index contributed by atoms with van der Waals surface area (Å²) >= 11 is 6.19. The molecule has 3 aromatic rings. The standard InChI is InChI=1S/C21H16ClNO3/c1-23-19-16(7-4-8-17(19)22)21(26,20(23)25)12-18(24)15-10-9-13-5-2-3-6-14(13)11-15/h2-11,26H,12H2,1H3. The summed E-state index contributed by atoms with van der Waals surface area (Å²) in [5, 5.41) is 13.4. The lowest BCUT2D eigenvalue weighted by Crippen LogP contribution is -2.40. The lowest BCUT2D eigenvalue weighted by atomic mass is 9.87. The minimum atomic E-state index is -1.91. The van der Waals surface area contributed by atoms with Crippen molar-refractivity contribution in [1.29, 1.82) is 0 Å². The number of aliphatic hydroxyl groups is 1. The van der Waals surface area contributed by atoms with Crippen LogP contribution in [0.2, 0.25) is 5.02 Å². The van der Waals surface area contributed by atoms with E-state index in [2.05, 4.69) is 0 Å². The molecule has 0 bridgehead atoms. The summed E-state index contributed by atoms with van der Waals surface area (Å²) in [6, 6.07) is 18.0. The number of likely N-dealkylation sites (N-methyl/N-ethyl adjacent to an activating group) is 1. The van der Waals surface area contributed by atoms with E-state index in [1.165, 1.54) is 4.90 Å². The van der Waals surface area contributed by atoms with Crippen LogP contribution in [0.5, 0.6) is 0 Å². The molecule has 0 saturated carbocycles. The summed E-state index contributed by atoms with van der Waals surface area (Å²) in [6.07, 6.45) is -0.331. The first-order valence-electron chi connectivity index (χ1n) is 8.23. The number of para-hydroxylation sites is 1. The van der Waals surface area contributed by atoms with Gasteiger partial charge in [-0.15, -0.1) is 0 Å². The number of fused-ring (bicyclic) bond motifs is 2. The Hall–Kier alpha value is -2.69. The molecule has 0 aromatic heterocycles. The molecule has 0 spiro atoms. The Morgan fingerprint density at radius 3 is 2.58 bits per heavy atom. The van der Waals surface area contributed by atoms with E-state index in [0.29, 0.717) is 21.8 Å². The Morgan fingerprint density at radius 1 is 1.08 bits per heavy atom. The van der Waals surface area contributed by atoms with Crippen molar-refractivity contribution in [2.75, 3.05) is 11.9 Å². The Bertz CT molecular complexity index is 1060. The number of halogens is 1. The first-order valence-corrected chi connectivity index (χ1v) is 8.61. The van der Waals surface area contributed by atoms with Crippen molar-refractivity contribution in [3.8, 4) is 0 Å². The molecular weight excluding hydrogens is 350 g/mol. The van der Waals surface area contributed by atoms with Gasteiger partial charge in [0.2, 0.25) is 0 Å². The number of hydrogen-bond acceptors (Lipinski definition) is 3. The molecule has 0 radical (unpaired) electrons. The highest BCUT2D eigenvalue weighted by Crippen LogP contribution is 2.45. The molecule has 3 aromatic carbocycles. The third kappa shape index (κ3) is 2.42. The molecule has 4 rings (SSSR count). The average molecular weight is 366 g/mol. The van der Waals surface area contributed by atoms with E-state index < -0.39 is 11.5 Å². The van der Waals surface area contributed by atoms with Crippen LogP contribution in [0.1, 0.15) is 22.3 Å². The van der Waals surface area contributed by atoms with Crippen LogP contribution < -0.4 is 4.90 Å². The zero-order chi connectivity index (χ0) is 18.5. The van der Waals surface area contributed by atoms with Crippen LogP contribution in [0.4, 0.5) is 5.69 Å². The van der Waals surface area contributed by atoms with Crippen molar-refractivity contribution >= 4 is 39.8 Å². The summed E-state index contributed by atoms with van der Waals surface area (Å²) in [5.41, 5.74) is -0.625. The number of carbonyl (C=O) groups excluding carboxylic acids is 2. The van der Waals surface area contributed by atoms with Gasteiger partial charge in [-0.1, -0.05) is 60.1 Å². The second-order valence-electron chi connectivity index (χ2n) is 6.52. The zero-order valence-electron chi connectivity index (χ0n) is 14.1. The molecule has 1 aliphatic rings. The molecule has 1 heterocycles. The lowest BCUT2D eigenvalue weighted by molar-refractivity contribution is -0.135. The first-order chi connectivity index (χ1) is 12.4. The normalized spacial score (nSPS) is 19.0. The molecule has 1 amide bonds. The average Bonchev–Trinajstić information content (AvgIpc) is 2.84. The smallest absolute Gasteiger partial charge is 0.263 e. The zero-order valence-corrected chi connectivity index (χ0v) is 14.8. The Morgan fingerprint density at radius 2 is 1.81 bits per heavy atom. The van der Waals surface area contributed by atoms with E-state index in [0.717, 1.165) is 10.8 Å². The molecule has 1 unspecified atom stereocenters. The molecule has 1 aliphatic heterocycles. The van der Waals surface area contributed by atoms with Crippen LogP contribution in [0.3, 0.4) is 0 Å². The van der Waals surface area contributed by atoms with Crippen LogP contribution in [0.25, 0.3) is 10.8 Å². The van der Waals surface area contributed by atoms with Crippen LogP contribution in [-0.4, -0.2) is 23.8 Å². The maximum Gasteiger partial charge on any atom is 0.263 e. The number of benzene rings is 3. The van der Waals surface area contributed by atoms with Gasteiger partial charge >= 0.3 is 0 Å². The minimum absolute atomic E-state index is 0.298. The SMILES string of the molecule is CN1C(=O)C(O)(CC(=O)c2ccc3ccccc3c2)c2cccc(Cl)c21. The van der Waals surface area contributed by atoms with Crippen LogP contribution in [-0.2, 0) is 10.4 Å². The highest BCUT2D eigenvalue weighted by atomic mass is 35.5. The van der Waals surface area contributed by atoms with Gasteiger partial charge in [0.25, 0.3) is 5.91 Å². The van der Waals surface area contributed by atoms with E-state index in [-0.39, 0.29) is 12.2 Å². The van der Waals surface area contributed by atoms with Crippen molar-refractivity contribution in [3.05, 3.63) is 76.8 Å². The monoisotopic (exact) mass is 365 g/mol. The fourth-order valence-corrected chi connectivity index (χ4v) is 3.85. The van der Waals surface area contributed by atoms with Crippen LogP contribution in [0.15, 0.2) is 60.7 Å². The molecule has 26 heavy (non-hydrogen) atoms. The molecule has 5 heteroatoms. The number of rotatable bonds is 3. The summed E-state index contributed by atoms with van der Waals surface area (Å²) in [5.74, 6) is -0.845. The number of carbonyl (C=O) groups is 2. The van der Waals surface area contributed by atoms with E-state index in [9.17, 15) is 14.7 Å². The van der Waals surface area contributed by atoms with E-state index >= 15 is 0 Å². The first kappa shape index (κ1) is 16.8. The molecule has 0 fully saturated rings. The van der Waals surface area contributed by atoms with Gasteiger partial charge in [0.15, 0.2) is 11.4 Å². The fourth-order valence-electron chi connectivity index (χ4n) is 3.55. The number of amides is 1. The van der Waals surface area contributed by atoms with Gasteiger partial charge in [-0.05, 0) is 22.9 Å². The van der Waals surface area contributed by atoms with Crippen molar-refractivity contribution in [2.45, 2.75) is 12.0 Å². The van der Waals surface area contributed by atoms with Gasteiger partial charge in [0.1, 0.15) is 0 Å². The minimum Gasteiger partial charge on any atom is -0.375 e. The molecule has 0 saturated heterocycles. The number of Topliss-reactive ketones (excluding diaryl/α,β-unsaturated/α-hetero) is 1. The van der Waals surface area contributed by atoms with Gasteiger partial charge in [-0.2, -0.15) is 0 Å². The quantitative estimate of drug-likeness (QED) is 0.715. The largest absolute Gasteiger partial charge is 0.375 e. The van der Waals surface area contributed by atoms with Crippen molar-refractivity contribution in [3.63, 3.8) is 0 Å². The maximum absolute atomic E-state index is 12.8. The summed E-state index contributed by atoms with van der Waals surface area (Å²) in [7, 11) is 1.55. The molecule has 130 valence electrons. The second kappa shape index (κ2) is 5.94. The summed E-state index contributed by atoms with van der Waals surface area (Å²) in [4.78, 5) is 26.8. The predicted molar refractivity (Wildman–Crippen MR) is 102 cm³/mol. The van der Waals surface area contributed by atoms with Gasteiger partial charge < -0.3 is 10.0 Å². The van der Waals surface area contributed by atoms with Gasteiger partial charge in [0.05, 0.1) is 17.1 Å². The number of hydrogen-bond donors (Lipinski definition) is 1. The second-order valence-corrected chi connectivity index (χ2v) is 6.93. The van der Waals surface area contributed by atoms with E-state index in [4.69, 9.17) is 11.6 Å². The van der Waals surface area contributed by atoms with Gasteiger partial charge in [-0.3, -0.25) is 9.59 Å².